The summed E-state index contributed by atoms with van der Waals surface area (Å²) in [6.07, 6.45) is 3.52. The molecule has 5 rings (SSSR count). The molecule has 3 heterocycles. The Labute approximate surface area is 191 Å². The lowest BCUT2D eigenvalue weighted by Crippen LogP contribution is -2.11. The zero-order valence-corrected chi connectivity index (χ0v) is 17.7. The summed E-state index contributed by atoms with van der Waals surface area (Å²) in [5, 5.41) is 2.94. The van der Waals surface area contributed by atoms with E-state index in [2.05, 4.69) is 15.3 Å². The molecule has 0 spiro atoms. The predicted molar refractivity (Wildman–Crippen MR) is 131 cm³/mol. The van der Waals surface area contributed by atoms with E-state index in [4.69, 9.17) is 4.98 Å². The highest BCUT2D eigenvalue weighted by Crippen LogP contribution is 2.29. The molecule has 3 aromatic heterocycles. The van der Waals surface area contributed by atoms with Crippen LogP contribution in [0.3, 0.4) is 0 Å². The average Bonchev–Trinajstić information content (AvgIpc) is 2.90. The van der Waals surface area contributed by atoms with Crippen LogP contribution in [0.1, 0.15) is 10.4 Å². The molecule has 0 aliphatic carbocycles. The zero-order chi connectivity index (χ0) is 22.5. The first-order chi connectivity index (χ1) is 16.3. The summed E-state index contributed by atoms with van der Waals surface area (Å²) in [4.78, 5) is 26.2. The van der Waals surface area contributed by atoms with Crippen LogP contribution in [0.25, 0.3) is 33.9 Å². The maximum absolute atomic E-state index is 12.4. The molecule has 1 amide bonds. The number of benzene rings is 2. The zero-order valence-electron chi connectivity index (χ0n) is 17.7. The standard InChI is InChI=1S/C28H20N4O/c33-28(21-8-2-1-3-9-21)31-23-14-12-20(13-15-23)22-18-26(24-10-4-6-16-29-24)32-27(19-22)25-11-5-7-17-30-25/h1-19H,(H,31,33). The Morgan fingerprint density at radius 3 is 1.70 bits per heavy atom. The van der Waals surface area contributed by atoms with E-state index in [1.165, 1.54) is 0 Å². The Kier molecular flexibility index (Phi) is 5.68. The Hall–Kier alpha value is -4.64. The van der Waals surface area contributed by atoms with Crippen LogP contribution in [-0.2, 0) is 0 Å². The van der Waals surface area contributed by atoms with Crippen LogP contribution in [0.4, 0.5) is 5.69 Å². The van der Waals surface area contributed by atoms with Gasteiger partial charge in [0, 0.05) is 23.6 Å². The number of anilines is 1. The molecule has 0 saturated heterocycles. The van der Waals surface area contributed by atoms with E-state index in [1.54, 1.807) is 24.5 Å². The SMILES string of the molecule is O=C(Nc1ccc(-c2cc(-c3ccccn3)nc(-c3ccccn3)c2)cc1)c1ccccc1. The van der Waals surface area contributed by atoms with E-state index in [9.17, 15) is 4.79 Å². The Balaban J connectivity index is 1.48. The molecule has 0 aliphatic heterocycles. The summed E-state index contributed by atoms with van der Waals surface area (Å²) in [5.74, 6) is -0.137. The minimum Gasteiger partial charge on any atom is -0.322 e. The van der Waals surface area contributed by atoms with Crippen LogP contribution in [0.2, 0.25) is 0 Å². The summed E-state index contributed by atoms with van der Waals surface area (Å²) >= 11 is 0. The topological polar surface area (TPSA) is 67.8 Å². The summed E-state index contributed by atoms with van der Waals surface area (Å²) in [6.45, 7) is 0. The molecule has 0 unspecified atom stereocenters. The molecule has 5 nitrogen and oxygen atoms in total. The van der Waals surface area contributed by atoms with E-state index in [0.717, 1.165) is 39.6 Å². The van der Waals surface area contributed by atoms with Gasteiger partial charge in [-0.1, -0.05) is 42.5 Å². The molecule has 5 aromatic rings. The van der Waals surface area contributed by atoms with Crippen LogP contribution >= 0.6 is 0 Å². The van der Waals surface area contributed by atoms with Gasteiger partial charge in [0.05, 0.1) is 22.8 Å². The van der Waals surface area contributed by atoms with Crippen molar-refractivity contribution in [1.29, 1.82) is 0 Å². The van der Waals surface area contributed by atoms with Crippen molar-refractivity contribution in [1.82, 2.24) is 15.0 Å². The molecule has 33 heavy (non-hydrogen) atoms. The van der Waals surface area contributed by atoms with Crippen LogP contribution < -0.4 is 5.32 Å². The maximum atomic E-state index is 12.4. The second kappa shape index (κ2) is 9.24. The predicted octanol–water partition coefficient (Wildman–Crippen LogP) is 6.12. The Bertz CT molecular complexity index is 1310. The third-order valence-electron chi connectivity index (χ3n) is 5.19. The van der Waals surface area contributed by atoms with Gasteiger partial charge in [0.25, 0.3) is 5.91 Å². The molecular weight excluding hydrogens is 408 g/mol. The first-order valence-electron chi connectivity index (χ1n) is 10.6. The van der Waals surface area contributed by atoms with Gasteiger partial charge >= 0.3 is 0 Å². The fourth-order valence-electron chi connectivity index (χ4n) is 3.53. The van der Waals surface area contributed by atoms with Crippen LogP contribution in [0.15, 0.2) is 116 Å². The van der Waals surface area contributed by atoms with E-state index in [-0.39, 0.29) is 5.91 Å². The second-order valence-corrected chi connectivity index (χ2v) is 7.45. The fraction of sp³-hybridized carbons (Fsp3) is 0. The number of hydrogen-bond acceptors (Lipinski definition) is 4. The lowest BCUT2D eigenvalue weighted by atomic mass is 10.0. The van der Waals surface area contributed by atoms with Crippen molar-refractivity contribution >= 4 is 11.6 Å². The highest BCUT2D eigenvalue weighted by atomic mass is 16.1. The molecule has 0 fully saturated rings. The number of nitrogens with one attached hydrogen (secondary N) is 1. The smallest absolute Gasteiger partial charge is 0.255 e. The number of carbonyl (C=O) groups excluding carboxylic acids is 1. The monoisotopic (exact) mass is 428 g/mol. The molecule has 1 N–H and O–H groups in total. The summed E-state index contributed by atoms with van der Waals surface area (Å²) in [6, 6.07) is 32.5. The first kappa shape index (κ1) is 20.3. The quantitative estimate of drug-likeness (QED) is 0.366. The number of nitrogens with zero attached hydrogens (tertiary/aromatic N) is 3. The van der Waals surface area contributed by atoms with Gasteiger partial charge in [-0.25, -0.2) is 4.98 Å². The molecule has 0 bridgehead atoms. The van der Waals surface area contributed by atoms with Crippen molar-refractivity contribution in [3.63, 3.8) is 0 Å². The lowest BCUT2D eigenvalue weighted by molar-refractivity contribution is 0.102. The third kappa shape index (κ3) is 4.67. The van der Waals surface area contributed by atoms with Crippen molar-refractivity contribution in [3.8, 4) is 33.9 Å². The van der Waals surface area contributed by atoms with Gasteiger partial charge in [0.15, 0.2) is 0 Å². The van der Waals surface area contributed by atoms with Gasteiger partial charge < -0.3 is 5.32 Å². The van der Waals surface area contributed by atoms with E-state index >= 15 is 0 Å². The largest absolute Gasteiger partial charge is 0.322 e. The number of pyridine rings is 3. The number of carbonyl (C=O) groups is 1. The number of hydrogen-bond donors (Lipinski definition) is 1. The minimum absolute atomic E-state index is 0.137. The summed E-state index contributed by atoms with van der Waals surface area (Å²) in [7, 11) is 0. The first-order valence-corrected chi connectivity index (χ1v) is 10.6. The van der Waals surface area contributed by atoms with Gasteiger partial charge in [-0.3, -0.25) is 14.8 Å². The molecule has 5 heteroatoms. The molecule has 0 aliphatic rings. The van der Waals surface area contributed by atoms with E-state index in [1.807, 2.05) is 91.0 Å². The van der Waals surface area contributed by atoms with Gasteiger partial charge in [-0.05, 0) is 71.8 Å². The highest BCUT2D eigenvalue weighted by molar-refractivity contribution is 6.04. The van der Waals surface area contributed by atoms with Crippen molar-refractivity contribution in [2.75, 3.05) is 5.32 Å². The number of amides is 1. The number of rotatable bonds is 5. The normalized spacial score (nSPS) is 10.5. The fourth-order valence-corrected chi connectivity index (χ4v) is 3.53. The molecule has 0 atom stereocenters. The lowest BCUT2D eigenvalue weighted by Gasteiger charge is -2.10. The van der Waals surface area contributed by atoms with Crippen molar-refractivity contribution in [3.05, 3.63) is 121 Å². The van der Waals surface area contributed by atoms with Crippen molar-refractivity contribution < 1.29 is 4.79 Å². The van der Waals surface area contributed by atoms with Gasteiger partial charge in [-0.2, -0.15) is 0 Å². The summed E-state index contributed by atoms with van der Waals surface area (Å²) < 4.78 is 0. The minimum atomic E-state index is -0.137. The molecule has 158 valence electrons. The molecule has 0 saturated carbocycles. The van der Waals surface area contributed by atoms with Crippen LogP contribution in [0, 0.1) is 0 Å². The Morgan fingerprint density at radius 2 is 1.15 bits per heavy atom. The Morgan fingerprint density at radius 1 is 0.576 bits per heavy atom. The van der Waals surface area contributed by atoms with Crippen molar-refractivity contribution in [2.45, 2.75) is 0 Å². The molecule has 2 aromatic carbocycles. The highest BCUT2D eigenvalue weighted by Gasteiger charge is 2.11. The molecular formula is C28H20N4O. The van der Waals surface area contributed by atoms with Crippen LogP contribution in [0.5, 0.6) is 0 Å². The average molecular weight is 428 g/mol. The summed E-state index contributed by atoms with van der Waals surface area (Å²) in [5.41, 5.74) is 6.49. The number of aromatic nitrogens is 3. The van der Waals surface area contributed by atoms with E-state index in [0.29, 0.717) is 5.56 Å². The van der Waals surface area contributed by atoms with Crippen LogP contribution in [-0.4, -0.2) is 20.9 Å². The van der Waals surface area contributed by atoms with E-state index < -0.39 is 0 Å². The third-order valence-corrected chi connectivity index (χ3v) is 5.19. The van der Waals surface area contributed by atoms with Gasteiger partial charge in [0.1, 0.15) is 0 Å². The second-order valence-electron chi connectivity index (χ2n) is 7.45. The van der Waals surface area contributed by atoms with Crippen molar-refractivity contribution in [2.24, 2.45) is 0 Å². The maximum Gasteiger partial charge on any atom is 0.255 e. The molecule has 0 radical (unpaired) electrons. The van der Waals surface area contributed by atoms with Gasteiger partial charge in [-0.15, -0.1) is 0 Å². The van der Waals surface area contributed by atoms with Gasteiger partial charge in [0.2, 0.25) is 0 Å².